The predicted octanol–water partition coefficient (Wildman–Crippen LogP) is 4.65. The van der Waals surface area contributed by atoms with E-state index in [-0.39, 0.29) is 12.3 Å². The van der Waals surface area contributed by atoms with Crippen molar-refractivity contribution in [3.8, 4) is 16.9 Å². The number of hydrogen-bond donors (Lipinski definition) is 1. The van der Waals surface area contributed by atoms with Gasteiger partial charge in [-0.25, -0.2) is 8.78 Å². The lowest BCUT2D eigenvalue weighted by Crippen LogP contribution is -2.20. The Morgan fingerprint density at radius 3 is 2.24 bits per heavy atom. The summed E-state index contributed by atoms with van der Waals surface area (Å²) in [6.45, 7) is -0.276. The smallest absolute Gasteiger partial charge is 0.262 e. The number of halogens is 2. The SMILES string of the molecule is O=C(COc1ccccc1-c1ccccc1)Nc1cc(F)cc(F)c1. The van der Waals surface area contributed by atoms with E-state index in [0.29, 0.717) is 5.75 Å². The van der Waals surface area contributed by atoms with Crippen molar-refractivity contribution < 1.29 is 18.3 Å². The third-order valence-electron chi connectivity index (χ3n) is 3.48. The molecule has 0 radical (unpaired) electrons. The number of amides is 1. The number of anilines is 1. The molecule has 0 saturated carbocycles. The molecule has 1 amide bonds. The number of ether oxygens (including phenoxy) is 1. The Morgan fingerprint density at radius 2 is 1.52 bits per heavy atom. The van der Waals surface area contributed by atoms with Gasteiger partial charge in [0.2, 0.25) is 0 Å². The van der Waals surface area contributed by atoms with Gasteiger partial charge in [-0.05, 0) is 23.8 Å². The van der Waals surface area contributed by atoms with Crippen LogP contribution in [0.1, 0.15) is 0 Å². The molecular formula is C20H15F2NO2. The third kappa shape index (κ3) is 4.41. The molecule has 3 aromatic carbocycles. The highest BCUT2D eigenvalue weighted by Crippen LogP contribution is 2.29. The van der Waals surface area contributed by atoms with Crippen LogP contribution in [0.3, 0.4) is 0 Å². The van der Waals surface area contributed by atoms with Gasteiger partial charge in [-0.1, -0.05) is 48.5 Å². The Balaban J connectivity index is 1.69. The molecule has 0 saturated heterocycles. The van der Waals surface area contributed by atoms with Crippen LogP contribution >= 0.6 is 0 Å². The summed E-state index contributed by atoms with van der Waals surface area (Å²) in [5.41, 5.74) is 1.86. The largest absolute Gasteiger partial charge is 0.483 e. The quantitative estimate of drug-likeness (QED) is 0.735. The van der Waals surface area contributed by atoms with Crippen molar-refractivity contribution in [3.05, 3.63) is 84.4 Å². The molecule has 0 aliphatic rings. The number of rotatable bonds is 5. The Bertz CT molecular complexity index is 862. The topological polar surface area (TPSA) is 38.3 Å². The average molecular weight is 339 g/mol. The van der Waals surface area contributed by atoms with E-state index in [2.05, 4.69) is 5.32 Å². The predicted molar refractivity (Wildman–Crippen MR) is 92.4 cm³/mol. The standard InChI is InChI=1S/C20H15F2NO2/c21-15-10-16(22)12-17(11-15)23-20(24)13-25-19-9-5-4-8-18(19)14-6-2-1-3-7-14/h1-12H,13H2,(H,23,24). The van der Waals surface area contributed by atoms with Gasteiger partial charge in [0, 0.05) is 17.3 Å². The molecule has 25 heavy (non-hydrogen) atoms. The highest BCUT2D eigenvalue weighted by atomic mass is 19.1. The van der Waals surface area contributed by atoms with Gasteiger partial charge < -0.3 is 10.1 Å². The second-order valence-corrected chi connectivity index (χ2v) is 5.36. The van der Waals surface area contributed by atoms with Crippen LogP contribution in [0, 0.1) is 11.6 Å². The molecule has 0 atom stereocenters. The Labute approximate surface area is 143 Å². The van der Waals surface area contributed by atoms with Crippen molar-refractivity contribution in [2.24, 2.45) is 0 Å². The zero-order chi connectivity index (χ0) is 17.6. The van der Waals surface area contributed by atoms with Crippen LogP contribution in [-0.2, 0) is 4.79 Å². The van der Waals surface area contributed by atoms with Crippen molar-refractivity contribution in [3.63, 3.8) is 0 Å². The molecule has 0 heterocycles. The fourth-order valence-corrected chi connectivity index (χ4v) is 2.42. The van der Waals surface area contributed by atoms with E-state index >= 15 is 0 Å². The summed E-state index contributed by atoms with van der Waals surface area (Å²) in [4.78, 5) is 12.0. The van der Waals surface area contributed by atoms with Crippen LogP contribution in [0.5, 0.6) is 5.75 Å². The lowest BCUT2D eigenvalue weighted by atomic mass is 10.1. The van der Waals surface area contributed by atoms with E-state index < -0.39 is 17.5 Å². The lowest BCUT2D eigenvalue weighted by Gasteiger charge is -2.12. The van der Waals surface area contributed by atoms with Gasteiger partial charge in [-0.2, -0.15) is 0 Å². The Kier molecular flexibility index (Phi) is 5.04. The summed E-state index contributed by atoms with van der Waals surface area (Å²) in [6.07, 6.45) is 0. The minimum Gasteiger partial charge on any atom is -0.483 e. The van der Waals surface area contributed by atoms with Crippen LogP contribution in [0.4, 0.5) is 14.5 Å². The fourth-order valence-electron chi connectivity index (χ4n) is 2.42. The second kappa shape index (κ2) is 7.57. The van der Waals surface area contributed by atoms with Crippen LogP contribution < -0.4 is 10.1 Å². The number of carbonyl (C=O) groups is 1. The zero-order valence-corrected chi connectivity index (χ0v) is 13.2. The fraction of sp³-hybridized carbons (Fsp3) is 0.0500. The van der Waals surface area contributed by atoms with Crippen LogP contribution in [0.2, 0.25) is 0 Å². The van der Waals surface area contributed by atoms with Gasteiger partial charge in [0.15, 0.2) is 6.61 Å². The summed E-state index contributed by atoms with van der Waals surface area (Å²) < 4.78 is 31.9. The Hall–Kier alpha value is -3.21. The monoisotopic (exact) mass is 339 g/mol. The van der Waals surface area contributed by atoms with Crippen molar-refractivity contribution in [1.82, 2.24) is 0 Å². The van der Waals surface area contributed by atoms with Gasteiger partial charge >= 0.3 is 0 Å². The molecule has 0 aliphatic heterocycles. The number of para-hydroxylation sites is 1. The van der Waals surface area contributed by atoms with Gasteiger partial charge in [0.1, 0.15) is 17.4 Å². The first-order chi connectivity index (χ1) is 12.1. The van der Waals surface area contributed by atoms with Crippen LogP contribution in [0.25, 0.3) is 11.1 Å². The molecular weight excluding hydrogens is 324 g/mol. The van der Waals surface area contributed by atoms with Crippen molar-refractivity contribution in [2.45, 2.75) is 0 Å². The molecule has 3 aromatic rings. The highest BCUT2D eigenvalue weighted by Gasteiger charge is 2.09. The maximum atomic E-state index is 13.1. The molecule has 0 spiro atoms. The van der Waals surface area contributed by atoms with Crippen molar-refractivity contribution in [2.75, 3.05) is 11.9 Å². The lowest BCUT2D eigenvalue weighted by molar-refractivity contribution is -0.118. The van der Waals surface area contributed by atoms with Gasteiger partial charge in [-0.15, -0.1) is 0 Å². The summed E-state index contributed by atoms with van der Waals surface area (Å²) in [5.74, 6) is -1.47. The first-order valence-electron chi connectivity index (χ1n) is 7.65. The molecule has 0 bridgehead atoms. The minimum absolute atomic E-state index is 0.0439. The van der Waals surface area contributed by atoms with E-state index in [1.165, 1.54) is 0 Å². The molecule has 0 unspecified atom stereocenters. The van der Waals surface area contributed by atoms with Crippen LogP contribution in [0.15, 0.2) is 72.8 Å². The molecule has 3 rings (SSSR count). The molecule has 1 N–H and O–H groups in total. The molecule has 0 aromatic heterocycles. The number of hydrogen-bond acceptors (Lipinski definition) is 2. The molecule has 3 nitrogen and oxygen atoms in total. The molecule has 126 valence electrons. The number of benzene rings is 3. The maximum absolute atomic E-state index is 13.1. The second-order valence-electron chi connectivity index (χ2n) is 5.36. The van der Waals surface area contributed by atoms with Crippen molar-refractivity contribution >= 4 is 11.6 Å². The van der Waals surface area contributed by atoms with E-state index in [0.717, 1.165) is 29.3 Å². The van der Waals surface area contributed by atoms with Crippen molar-refractivity contribution in [1.29, 1.82) is 0 Å². The van der Waals surface area contributed by atoms with Gasteiger partial charge in [0.25, 0.3) is 5.91 Å². The maximum Gasteiger partial charge on any atom is 0.262 e. The Morgan fingerprint density at radius 1 is 0.880 bits per heavy atom. The zero-order valence-electron chi connectivity index (χ0n) is 13.2. The average Bonchev–Trinajstić information content (AvgIpc) is 2.60. The van der Waals surface area contributed by atoms with E-state index in [1.54, 1.807) is 6.07 Å². The summed E-state index contributed by atoms with van der Waals surface area (Å²) >= 11 is 0. The first-order valence-corrected chi connectivity index (χ1v) is 7.65. The van der Waals surface area contributed by atoms with E-state index in [9.17, 15) is 13.6 Å². The van der Waals surface area contributed by atoms with E-state index in [1.807, 2.05) is 48.5 Å². The summed E-state index contributed by atoms with van der Waals surface area (Å²) in [5, 5.41) is 2.41. The number of nitrogens with one attached hydrogen (secondary N) is 1. The first kappa shape index (κ1) is 16.6. The molecule has 0 aliphatic carbocycles. The highest BCUT2D eigenvalue weighted by molar-refractivity contribution is 5.92. The summed E-state index contributed by atoms with van der Waals surface area (Å²) in [6, 6.07) is 19.8. The third-order valence-corrected chi connectivity index (χ3v) is 3.48. The van der Waals surface area contributed by atoms with Gasteiger partial charge in [-0.3, -0.25) is 4.79 Å². The number of carbonyl (C=O) groups excluding carboxylic acids is 1. The van der Waals surface area contributed by atoms with E-state index in [4.69, 9.17) is 4.74 Å². The van der Waals surface area contributed by atoms with Crippen LogP contribution in [-0.4, -0.2) is 12.5 Å². The molecule has 5 heteroatoms. The van der Waals surface area contributed by atoms with Gasteiger partial charge in [0.05, 0.1) is 0 Å². The normalized spacial score (nSPS) is 10.3. The summed E-state index contributed by atoms with van der Waals surface area (Å²) in [7, 11) is 0. The minimum atomic E-state index is -0.759. The molecule has 0 fully saturated rings.